The van der Waals surface area contributed by atoms with Crippen molar-refractivity contribution in [3.05, 3.63) is 29.6 Å². The van der Waals surface area contributed by atoms with Gasteiger partial charge >= 0.3 is 6.18 Å². The van der Waals surface area contributed by atoms with Crippen molar-refractivity contribution in [3.63, 3.8) is 0 Å². The van der Waals surface area contributed by atoms with Crippen LogP contribution in [0.25, 0.3) is 11.0 Å². The Balaban J connectivity index is 2.55. The average Bonchev–Trinajstić information content (AvgIpc) is 2.65. The first-order chi connectivity index (χ1) is 9.32. The van der Waals surface area contributed by atoms with E-state index in [1.807, 2.05) is 4.57 Å². The van der Waals surface area contributed by atoms with Crippen molar-refractivity contribution in [3.8, 4) is 0 Å². The third kappa shape index (κ3) is 2.95. The molecule has 0 aliphatic carbocycles. The molecule has 0 saturated carbocycles. The molecule has 0 aliphatic rings. The Bertz CT molecular complexity index is 599. The van der Waals surface area contributed by atoms with E-state index >= 15 is 0 Å². The summed E-state index contributed by atoms with van der Waals surface area (Å²) in [6, 6.07) is 3.70. The zero-order chi connectivity index (χ0) is 14.9. The fourth-order valence-electron chi connectivity index (χ4n) is 2.24. The zero-order valence-corrected chi connectivity index (χ0v) is 11.5. The van der Waals surface area contributed by atoms with E-state index in [4.69, 9.17) is 5.73 Å². The van der Waals surface area contributed by atoms with Crippen molar-refractivity contribution in [1.29, 1.82) is 0 Å². The summed E-state index contributed by atoms with van der Waals surface area (Å²) in [5.41, 5.74) is 5.99. The van der Waals surface area contributed by atoms with Crippen molar-refractivity contribution in [1.82, 2.24) is 9.55 Å². The van der Waals surface area contributed by atoms with E-state index in [2.05, 4.69) is 18.8 Å². The average molecular weight is 285 g/mol. The quantitative estimate of drug-likeness (QED) is 0.937. The maximum Gasteiger partial charge on any atom is 0.416 e. The third-order valence-electron chi connectivity index (χ3n) is 3.07. The van der Waals surface area contributed by atoms with Gasteiger partial charge in [0.2, 0.25) is 0 Å². The molecule has 0 saturated heterocycles. The molecule has 20 heavy (non-hydrogen) atoms. The van der Waals surface area contributed by atoms with Gasteiger partial charge in [0, 0.05) is 13.0 Å². The van der Waals surface area contributed by atoms with Gasteiger partial charge in [-0.1, -0.05) is 13.8 Å². The Morgan fingerprint density at radius 1 is 1.30 bits per heavy atom. The fraction of sp³-hybridized carbons (Fsp3) is 0.500. The molecule has 1 aromatic heterocycles. The van der Waals surface area contributed by atoms with Gasteiger partial charge in [0.1, 0.15) is 5.82 Å². The Morgan fingerprint density at radius 2 is 2.00 bits per heavy atom. The Labute approximate surface area is 115 Å². The molecule has 2 aromatic rings. The Morgan fingerprint density at radius 3 is 2.55 bits per heavy atom. The molecule has 1 heterocycles. The topological polar surface area (TPSA) is 43.8 Å². The summed E-state index contributed by atoms with van der Waals surface area (Å²) < 4.78 is 40.1. The van der Waals surface area contributed by atoms with E-state index in [0.29, 0.717) is 24.4 Å². The molecule has 0 radical (unpaired) electrons. The van der Waals surface area contributed by atoms with E-state index in [1.165, 1.54) is 6.07 Å². The molecule has 6 heteroatoms. The summed E-state index contributed by atoms with van der Waals surface area (Å²) in [6.07, 6.45) is -3.78. The van der Waals surface area contributed by atoms with Crippen LogP contribution in [-0.4, -0.2) is 16.1 Å². The van der Waals surface area contributed by atoms with E-state index < -0.39 is 11.7 Å². The second-order valence-corrected chi connectivity index (χ2v) is 5.27. The molecule has 0 unspecified atom stereocenters. The fourth-order valence-corrected chi connectivity index (χ4v) is 2.24. The maximum absolute atomic E-state index is 12.7. The van der Waals surface area contributed by atoms with Crippen LogP contribution in [0.2, 0.25) is 0 Å². The minimum atomic E-state index is -4.34. The normalized spacial score (nSPS) is 12.6. The van der Waals surface area contributed by atoms with Crippen LogP contribution in [0.1, 0.15) is 25.2 Å². The molecule has 0 spiro atoms. The lowest BCUT2D eigenvalue weighted by atomic mass is 10.2. The predicted molar refractivity (Wildman–Crippen MR) is 72.3 cm³/mol. The van der Waals surface area contributed by atoms with Gasteiger partial charge in [-0.2, -0.15) is 13.2 Å². The molecule has 2 rings (SSSR count). The summed E-state index contributed by atoms with van der Waals surface area (Å²) in [5.74, 6) is 1.13. The van der Waals surface area contributed by atoms with E-state index in [-0.39, 0.29) is 0 Å². The largest absolute Gasteiger partial charge is 0.416 e. The number of nitrogens with zero attached hydrogens (tertiary/aromatic N) is 2. The number of rotatable bonds is 4. The second-order valence-electron chi connectivity index (χ2n) is 5.27. The second kappa shape index (κ2) is 5.44. The van der Waals surface area contributed by atoms with Gasteiger partial charge in [-0.15, -0.1) is 0 Å². The molecule has 0 aliphatic heterocycles. The first-order valence-corrected chi connectivity index (χ1v) is 6.59. The lowest BCUT2D eigenvalue weighted by Crippen LogP contribution is -2.12. The monoisotopic (exact) mass is 285 g/mol. The van der Waals surface area contributed by atoms with E-state index in [9.17, 15) is 13.2 Å². The smallest absolute Gasteiger partial charge is 0.330 e. The lowest BCUT2D eigenvalue weighted by Gasteiger charge is -2.11. The number of hydrogen-bond donors (Lipinski definition) is 1. The molecule has 0 bridgehead atoms. The molecule has 0 fully saturated rings. The minimum Gasteiger partial charge on any atom is -0.330 e. The number of benzene rings is 1. The predicted octanol–water partition coefficient (Wildman–Crippen LogP) is 3.21. The summed E-state index contributed by atoms with van der Waals surface area (Å²) in [5, 5.41) is 0. The number of alkyl halides is 3. The molecule has 0 amide bonds. The molecule has 2 N–H and O–H groups in total. The van der Waals surface area contributed by atoms with E-state index in [0.717, 1.165) is 30.0 Å². The van der Waals surface area contributed by atoms with Crippen molar-refractivity contribution in [2.24, 2.45) is 11.7 Å². The molecule has 0 atom stereocenters. The molecular weight excluding hydrogens is 267 g/mol. The highest BCUT2D eigenvalue weighted by Crippen LogP contribution is 2.31. The lowest BCUT2D eigenvalue weighted by molar-refractivity contribution is -0.137. The number of halogens is 3. The standard InChI is InChI=1S/C14H18F3N3/c1-9(2)8-20-12-4-3-10(14(15,16)17)7-11(12)19-13(20)5-6-18/h3-4,7,9H,5-6,8,18H2,1-2H3. The van der Waals surface area contributed by atoms with Crippen LogP contribution in [0.5, 0.6) is 0 Å². The van der Waals surface area contributed by atoms with Crippen molar-refractivity contribution < 1.29 is 13.2 Å². The van der Waals surface area contributed by atoms with E-state index in [1.54, 1.807) is 0 Å². The highest BCUT2D eigenvalue weighted by Gasteiger charge is 2.31. The first-order valence-electron chi connectivity index (χ1n) is 6.59. The Kier molecular flexibility index (Phi) is 4.04. The van der Waals surface area contributed by atoms with Gasteiger partial charge in [0.25, 0.3) is 0 Å². The van der Waals surface area contributed by atoms with Gasteiger partial charge in [-0.25, -0.2) is 4.98 Å². The summed E-state index contributed by atoms with van der Waals surface area (Å²) in [4.78, 5) is 4.31. The number of imidazole rings is 1. The highest BCUT2D eigenvalue weighted by atomic mass is 19.4. The summed E-state index contributed by atoms with van der Waals surface area (Å²) in [6.45, 7) is 5.26. The van der Waals surface area contributed by atoms with Gasteiger partial charge in [0.05, 0.1) is 16.6 Å². The van der Waals surface area contributed by atoms with Crippen molar-refractivity contribution in [2.45, 2.75) is 33.0 Å². The van der Waals surface area contributed by atoms with Crippen LogP contribution in [0.15, 0.2) is 18.2 Å². The van der Waals surface area contributed by atoms with Crippen LogP contribution in [0.3, 0.4) is 0 Å². The van der Waals surface area contributed by atoms with Crippen LogP contribution in [-0.2, 0) is 19.1 Å². The molecule has 3 nitrogen and oxygen atoms in total. The SMILES string of the molecule is CC(C)Cn1c(CCN)nc2cc(C(F)(F)F)ccc21. The van der Waals surface area contributed by atoms with Crippen LogP contribution < -0.4 is 5.73 Å². The molecule has 110 valence electrons. The zero-order valence-electron chi connectivity index (χ0n) is 11.5. The minimum absolute atomic E-state index is 0.379. The van der Waals surface area contributed by atoms with Crippen LogP contribution in [0.4, 0.5) is 13.2 Å². The molecule has 1 aromatic carbocycles. The summed E-state index contributed by atoms with van der Waals surface area (Å²) in [7, 11) is 0. The number of aromatic nitrogens is 2. The number of fused-ring (bicyclic) bond motifs is 1. The molecular formula is C14H18F3N3. The summed E-state index contributed by atoms with van der Waals surface area (Å²) >= 11 is 0. The Hall–Kier alpha value is -1.56. The van der Waals surface area contributed by atoms with Gasteiger partial charge in [-0.05, 0) is 30.7 Å². The first kappa shape index (κ1) is 14.8. The van der Waals surface area contributed by atoms with Crippen LogP contribution >= 0.6 is 0 Å². The van der Waals surface area contributed by atoms with Gasteiger partial charge in [-0.3, -0.25) is 0 Å². The maximum atomic E-state index is 12.7. The highest BCUT2D eigenvalue weighted by molar-refractivity contribution is 5.77. The third-order valence-corrected chi connectivity index (χ3v) is 3.07. The van der Waals surface area contributed by atoms with Crippen molar-refractivity contribution >= 4 is 11.0 Å². The number of hydrogen-bond acceptors (Lipinski definition) is 2. The van der Waals surface area contributed by atoms with Crippen molar-refractivity contribution in [2.75, 3.05) is 6.54 Å². The van der Waals surface area contributed by atoms with Gasteiger partial charge < -0.3 is 10.3 Å². The number of nitrogens with two attached hydrogens (primary N) is 1. The van der Waals surface area contributed by atoms with Gasteiger partial charge in [0.15, 0.2) is 0 Å². The van der Waals surface area contributed by atoms with Crippen LogP contribution in [0, 0.1) is 5.92 Å².